The van der Waals surface area contributed by atoms with Gasteiger partial charge in [0.1, 0.15) is 11.9 Å². The molecule has 2 aliphatic rings. The van der Waals surface area contributed by atoms with Crippen molar-refractivity contribution in [3.05, 3.63) is 29.8 Å². The quantitative estimate of drug-likeness (QED) is 0.710. The number of fused-ring (bicyclic) bond motifs is 1. The second-order valence-electron chi connectivity index (χ2n) is 5.06. The Morgan fingerprint density at radius 2 is 2.12 bits per heavy atom. The summed E-state index contributed by atoms with van der Waals surface area (Å²) in [6.45, 7) is 0. The molecule has 1 aromatic rings. The van der Waals surface area contributed by atoms with Gasteiger partial charge in [0.2, 0.25) is 0 Å². The molecule has 86 valence electrons. The number of hydrogen-bond acceptors (Lipinski definition) is 1. The standard InChI is InChI=1S/C14H17ClO/c15-12-6-5-10(7-12)8-13-9-11-3-1-2-4-14(11)16-13/h1-4,10,12-13H,5-9H2. The molecule has 0 N–H and O–H groups in total. The zero-order valence-electron chi connectivity index (χ0n) is 9.36. The van der Waals surface area contributed by atoms with Crippen LogP contribution in [0.5, 0.6) is 5.75 Å². The first-order chi connectivity index (χ1) is 7.81. The summed E-state index contributed by atoms with van der Waals surface area (Å²) in [4.78, 5) is 0. The molecule has 0 amide bonds. The molecule has 2 heteroatoms. The first kappa shape index (κ1) is 10.5. The minimum Gasteiger partial charge on any atom is -0.490 e. The van der Waals surface area contributed by atoms with Gasteiger partial charge in [-0.25, -0.2) is 0 Å². The molecule has 3 rings (SSSR count). The van der Waals surface area contributed by atoms with Crippen molar-refractivity contribution in [3.63, 3.8) is 0 Å². The van der Waals surface area contributed by atoms with Gasteiger partial charge in [-0.3, -0.25) is 0 Å². The van der Waals surface area contributed by atoms with Gasteiger partial charge in [-0.05, 0) is 43.2 Å². The molecule has 1 nitrogen and oxygen atoms in total. The summed E-state index contributed by atoms with van der Waals surface area (Å²) in [6, 6.07) is 8.39. The maximum atomic E-state index is 6.14. The van der Waals surface area contributed by atoms with E-state index in [-0.39, 0.29) is 0 Å². The lowest BCUT2D eigenvalue weighted by atomic mass is 9.97. The lowest BCUT2D eigenvalue weighted by Gasteiger charge is -2.15. The van der Waals surface area contributed by atoms with E-state index in [4.69, 9.17) is 16.3 Å². The highest BCUT2D eigenvalue weighted by atomic mass is 35.5. The highest BCUT2D eigenvalue weighted by Crippen LogP contribution is 2.37. The van der Waals surface area contributed by atoms with Crippen molar-refractivity contribution in [2.75, 3.05) is 0 Å². The predicted molar refractivity (Wildman–Crippen MR) is 66.2 cm³/mol. The number of rotatable bonds is 2. The third-order valence-electron chi connectivity index (χ3n) is 3.79. The summed E-state index contributed by atoms with van der Waals surface area (Å²) in [5.74, 6) is 1.87. The van der Waals surface area contributed by atoms with Crippen LogP contribution in [0.15, 0.2) is 24.3 Å². The summed E-state index contributed by atoms with van der Waals surface area (Å²) in [7, 11) is 0. The number of hydrogen-bond donors (Lipinski definition) is 0. The molecule has 0 radical (unpaired) electrons. The highest BCUT2D eigenvalue weighted by molar-refractivity contribution is 6.20. The minimum atomic E-state index is 0.393. The monoisotopic (exact) mass is 236 g/mol. The van der Waals surface area contributed by atoms with E-state index >= 15 is 0 Å². The van der Waals surface area contributed by atoms with Crippen molar-refractivity contribution in [1.29, 1.82) is 0 Å². The van der Waals surface area contributed by atoms with Gasteiger partial charge in [-0.15, -0.1) is 11.6 Å². The Balaban J connectivity index is 1.60. The summed E-state index contributed by atoms with van der Waals surface area (Å²) in [5, 5.41) is 0.411. The van der Waals surface area contributed by atoms with E-state index in [2.05, 4.69) is 18.2 Å². The largest absolute Gasteiger partial charge is 0.490 e. The Hall–Kier alpha value is -0.690. The number of benzene rings is 1. The van der Waals surface area contributed by atoms with E-state index in [0.29, 0.717) is 11.5 Å². The number of para-hydroxylation sites is 1. The van der Waals surface area contributed by atoms with Gasteiger partial charge in [0, 0.05) is 11.8 Å². The molecule has 3 atom stereocenters. The average Bonchev–Trinajstić information content (AvgIpc) is 2.84. The number of halogens is 1. The van der Waals surface area contributed by atoms with Gasteiger partial charge < -0.3 is 4.74 Å². The van der Waals surface area contributed by atoms with Gasteiger partial charge in [-0.2, -0.15) is 0 Å². The molecule has 1 aromatic carbocycles. The molecule has 1 fully saturated rings. The second kappa shape index (κ2) is 4.29. The summed E-state index contributed by atoms with van der Waals surface area (Å²) >= 11 is 6.14. The Kier molecular flexibility index (Phi) is 2.81. The fraction of sp³-hybridized carbons (Fsp3) is 0.571. The first-order valence-corrected chi connectivity index (χ1v) is 6.63. The van der Waals surface area contributed by atoms with Crippen LogP contribution in [0.2, 0.25) is 0 Å². The van der Waals surface area contributed by atoms with Crippen LogP contribution in [0, 0.1) is 5.92 Å². The van der Waals surface area contributed by atoms with Crippen molar-refractivity contribution in [1.82, 2.24) is 0 Å². The predicted octanol–water partition coefficient (Wildman–Crippen LogP) is 3.79. The van der Waals surface area contributed by atoms with Crippen LogP contribution in [0.1, 0.15) is 31.2 Å². The van der Waals surface area contributed by atoms with Crippen LogP contribution >= 0.6 is 11.6 Å². The Labute approximate surface area is 102 Å². The maximum Gasteiger partial charge on any atom is 0.123 e. The van der Waals surface area contributed by atoms with Crippen LogP contribution in [0.3, 0.4) is 0 Å². The molecule has 0 saturated heterocycles. The number of alkyl halides is 1. The number of ether oxygens (including phenoxy) is 1. The van der Waals surface area contributed by atoms with Gasteiger partial charge in [0.05, 0.1) is 0 Å². The van der Waals surface area contributed by atoms with Crippen LogP contribution < -0.4 is 4.74 Å². The van der Waals surface area contributed by atoms with Gasteiger partial charge in [-0.1, -0.05) is 18.2 Å². The summed E-state index contributed by atoms with van der Waals surface area (Å²) in [5.41, 5.74) is 1.37. The van der Waals surface area contributed by atoms with E-state index in [1.165, 1.54) is 31.2 Å². The molecule has 0 aromatic heterocycles. The Bertz CT molecular complexity index is 352. The van der Waals surface area contributed by atoms with Gasteiger partial charge >= 0.3 is 0 Å². The molecule has 1 heterocycles. The van der Waals surface area contributed by atoms with Crippen LogP contribution in [-0.4, -0.2) is 11.5 Å². The normalized spacial score (nSPS) is 32.4. The molecule has 1 saturated carbocycles. The van der Waals surface area contributed by atoms with Crippen molar-refractivity contribution < 1.29 is 4.74 Å². The zero-order valence-corrected chi connectivity index (χ0v) is 10.1. The highest BCUT2D eigenvalue weighted by Gasteiger charge is 2.29. The molecular weight excluding hydrogens is 220 g/mol. The van der Waals surface area contributed by atoms with E-state index in [9.17, 15) is 0 Å². The molecule has 0 bridgehead atoms. The van der Waals surface area contributed by atoms with Crippen molar-refractivity contribution in [3.8, 4) is 5.75 Å². The minimum absolute atomic E-state index is 0.393. The topological polar surface area (TPSA) is 9.23 Å². The lowest BCUT2D eigenvalue weighted by Crippen LogP contribution is -2.17. The van der Waals surface area contributed by atoms with E-state index in [1.807, 2.05) is 6.07 Å². The van der Waals surface area contributed by atoms with Crippen molar-refractivity contribution in [2.45, 2.75) is 43.6 Å². The first-order valence-electron chi connectivity index (χ1n) is 6.20. The van der Waals surface area contributed by atoms with E-state index in [0.717, 1.165) is 18.1 Å². The summed E-state index contributed by atoms with van der Waals surface area (Å²) in [6.07, 6.45) is 6.30. The molecule has 3 unspecified atom stereocenters. The lowest BCUT2D eigenvalue weighted by molar-refractivity contribution is 0.194. The average molecular weight is 237 g/mol. The van der Waals surface area contributed by atoms with Gasteiger partial charge in [0.15, 0.2) is 0 Å². The smallest absolute Gasteiger partial charge is 0.123 e. The molecule has 0 spiro atoms. The van der Waals surface area contributed by atoms with E-state index < -0.39 is 0 Å². The van der Waals surface area contributed by atoms with Crippen molar-refractivity contribution in [2.24, 2.45) is 5.92 Å². The van der Waals surface area contributed by atoms with Crippen LogP contribution in [-0.2, 0) is 6.42 Å². The fourth-order valence-electron chi connectivity index (χ4n) is 2.99. The van der Waals surface area contributed by atoms with Crippen LogP contribution in [0.4, 0.5) is 0 Å². The third-order valence-corrected chi connectivity index (χ3v) is 4.18. The van der Waals surface area contributed by atoms with E-state index in [1.54, 1.807) is 0 Å². The SMILES string of the molecule is ClC1CCC(CC2Cc3ccccc3O2)C1. The maximum absolute atomic E-state index is 6.14. The zero-order chi connectivity index (χ0) is 11.0. The third kappa shape index (κ3) is 2.06. The Morgan fingerprint density at radius 1 is 1.25 bits per heavy atom. The molecular formula is C14H17ClO. The second-order valence-corrected chi connectivity index (χ2v) is 5.68. The Morgan fingerprint density at radius 3 is 2.88 bits per heavy atom. The summed E-state index contributed by atoms with van der Waals surface area (Å²) < 4.78 is 5.96. The fourth-order valence-corrected chi connectivity index (χ4v) is 3.36. The molecule has 1 aliphatic heterocycles. The van der Waals surface area contributed by atoms with Crippen LogP contribution in [0.25, 0.3) is 0 Å². The van der Waals surface area contributed by atoms with Gasteiger partial charge in [0.25, 0.3) is 0 Å². The van der Waals surface area contributed by atoms with Crippen molar-refractivity contribution >= 4 is 11.6 Å². The molecule has 1 aliphatic carbocycles. The molecule has 16 heavy (non-hydrogen) atoms.